The molecule has 0 fully saturated rings. The van der Waals surface area contributed by atoms with Gasteiger partial charge in [-0.05, 0) is 24.6 Å². The van der Waals surface area contributed by atoms with Crippen molar-refractivity contribution in [3.8, 4) is 0 Å². The first kappa shape index (κ1) is 14.6. The molecule has 0 saturated heterocycles. The van der Waals surface area contributed by atoms with Crippen molar-refractivity contribution in [3.05, 3.63) is 41.5 Å². The number of benzene rings is 1. The summed E-state index contributed by atoms with van der Waals surface area (Å²) in [6.45, 7) is 3.40. The molecule has 0 saturated carbocycles. The van der Waals surface area contributed by atoms with Gasteiger partial charge in [0.25, 0.3) is 0 Å². The summed E-state index contributed by atoms with van der Waals surface area (Å²) in [5.41, 5.74) is 6.50. The zero-order valence-corrected chi connectivity index (χ0v) is 12.0. The van der Waals surface area contributed by atoms with Gasteiger partial charge >= 0.3 is 0 Å². The molecular weight excluding hydrogens is 280 g/mol. The van der Waals surface area contributed by atoms with E-state index in [1.54, 1.807) is 32.0 Å². The van der Waals surface area contributed by atoms with Gasteiger partial charge in [-0.15, -0.1) is 0 Å². The highest BCUT2D eigenvalue weighted by Gasteiger charge is 2.16. The van der Waals surface area contributed by atoms with Crippen molar-refractivity contribution in [2.45, 2.75) is 31.3 Å². The van der Waals surface area contributed by atoms with Gasteiger partial charge in [0.05, 0.1) is 11.4 Å². The van der Waals surface area contributed by atoms with E-state index in [1.165, 1.54) is 6.07 Å². The lowest BCUT2D eigenvalue weighted by molar-refractivity contribution is 0.387. The third kappa shape index (κ3) is 3.41. The number of hydrogen-bond acceptors (Lipinski definition) is 6. The molecule has 1 atom stereocenters. The van der Waals surface area contributed by atoms with Crippen molar-refractivity contribution in [1.29, 1.82) is 0 Å². The Labute approximate surface area is 117 Å². The van der Waals surface area contributed by atoms with Crippen molar-refractivity contribution in [2.24, 2.45) is 5.73 Å². The molecule has 2 aromatic rings. The lowest BCUT2D eigenvalue weighted by atomic mass is 10.1. The highest BCUT2D eigenvalue weighted by Crippen LogP contribution is 2.16. The third-order valence-electron chi connectivity index (χ3n) is 2.68. The Balaban J connectivity index is 2.15. The molecule has 1 heterocycles. The molecule has 0 radical (unpaired) electrons. The molecule has 1 unspecified atom stereocenters. The Morgan fingerprint density at radius 3 is 2.80 bits per heavy atom. The molecule has 20 heavy (non-hydrogen) atoms. The van der Waals surface area contributed by atoms with E-state index in [2.05, 4.69) is 14.9 Å². The number of nitrogens with one attached hydrogen (secondary N) is 1. The summed E-state index contributed by atoms with van der Waals surface area (Å²) >= 11 is 0. The summed E-state index contributed by atoms with van der Waals surface area (Å²) in [5.74, 6) is 0.674. The van der Waals surface area contributed by atoms with E-state index < -0.39 is 10.0 Å². The second-order valence-corrected chi connectivity index (χ2v) is 6.18. The van der Waals surface area contributed by atoms with E-state index in [0.717, 1.165) is 5.56 Å². The second kappa shape index (κ2) is 5.70. The quantitative estimate of drug-likeness (QED) is 0.847. The molecule has 0 amide bonds. The van der Waals surface area contributed by atoms with E-state index in [9.17, 15) is 8.42 Å². The number of sulfonamides is 1. The monoisotopic (exact) mass is 296 g/mol. The van der Waals surface area contributed by atoms with Crippen LogP contribution in [0.3, 0.4) is 0 Å². The standard InChI is InChI=1S/C12H16N4O3S/c1-8(13)10-4-3-5-11(6-10)20(17,18)14-7-12-15-9(2)19-16-12/h3-6,8,14H,7,13H2,1-2H3. The van der Waals surface area contributed by atoms with E-state index in [1.807, 2.05) is 0 Å². The summed E-state index contributed by atoms with van der Waals surface area (Å²) < 4.78 is 31.5. The van der Waals surface area contributed by atoms with Crippen LogP contribution in [0.25, 0.3) is 0 Å². The summed E-state index contributed by atoms with van der Waals surface area (Å²) in [7, 11) is -3.63. The van der Waals surface area contributed by atoms with E-state index in [0.29, 0.717) is 5.89 Å². The van der Waals surface area contributed by atoms with E-state index in [-0.39, 0.29) is 23.3 Å². The molecule has 1 aromatic carbocycles. The first-order valence-corrected chi connectivity index (χ1v) is 7.51. The van der Waals surface area contributed by atoms with Crippen LogP contribution in [0.4, 0.5) is 0 Å². The number of hydrogen-bond donors (Lipinski definition) is 2. The lowest BCUT2D eigenvalue weighted by Gasteiger charge is -2.09. The van der Waals surface area contributed by atoms with Crippen LogP contribution in [0.1, 0.15) is 30.2 Å². The van der Waals surface area contributed by atoms with Crippen molar-refractivity contribution in [2.75, 3.05) is 0 Å². The topological polar surface area (TPSA) is 111 Å². The smallest absolute Gasteiger partial charge is 0.240 e. The molecule has 8 heteroatoms. The van der Waals surface area contributed by atoms with Gasteiger partial charge in [0.15, 0.2) is 5.82 Å². The largest absolute Gasteiger partial charge is 0.340 e. The second-order valence-electron chi connectivity index (χ2n) is 4.42. The average Bonchev–Trinajstić information content (AvgIpc) is 2.82. The van der Waals surface area contributed by atoms with Gasteiger partial charge in [-0.3, -0.25) is 0 Å². The van der Waals surface area contributed by atoms with Gasteiger partial charge in [-0.25, -0.2) is 13.1 Å². The Morgan fingerprint density at radius 1 is 1.45 bits per heavy atom. The van der Waals surface area contributed by atoms with Crippen molar-refractivity contribution in [3.63, 3.8) is 0 Å². The van der Waals surface area contributed by atoms with Crippen LogP contribution < -0.4 is 10.5 Å². The SMILES string of the molecule is Cc1nc(CNS(=O)(=O)c2cccc(C(C)N)c2)no1. The Bertz CT molecular complexity index is 694. The maximum absolute atomic E-state index is 12.1. The maximum Gasteiger partial charge on any atom is 0.240 e. The van der Waals surface area contributed by atoms with Gasteiger partial charge in [0.1, 0.15) is 0 Å². The fourth-order valence-corrected chi connectivity index (χ4v) is 2.66. The third-order valence-corrected chi connectivity index (χ3v) is 4.08. The van der Waals surface area contributed by atoms with Crippen molar-refractivity contribution in [1.82, 2.24) is 14.9 Å². The Kier molecular flexibility index (Phi) is 4.17. The van der Waals surface area contributed by atoms with Gasteiger partial charge < -0.3 is 10.3 Å². The predicted octanol–water partition coefficient (Wildman–Crippen LogP) is 0.876. The van der Waals surface area contributed by atoms with Crippen LogP contribution in [0.2, 0.25) is 0 Å². The van der Waals surface area contributed by atoms with Crippen LogP contribution in [-0.2, 0) is 16.6 Å². The van der Waals surface area contributed by atoms with Crippen LogP contribution in [0.5, 0.6) is 0 Å². The van der Waals surface area contributed by atoms with Crippen molar-refractivity contribution < 1.29 is 12.9 Å². The summed E-state index contributed by atoms with van der Waals surface area (Å²) in [6.07, 6.45) is 0. The van der Waals surface area contributed by atoms with Gasteiger partial charge in [-0.2, -0.15) is 4.98 Å². The molecule has 1 aromatic heterocycles. The number of rotatable bonds is 5. The van der Waals surface area contributed by atoms with Crippen LogP contribution in [0.15, 0.2) is 33.7 Å². The average molecular weight is 296 g/mol. The highest BCUT2D eigenvalue weighted by molar-refractivity contribution is 7.89. The van der Waals surface area contributed by atoms with E-state index in [4.69, 9.17) is 10.3 Å². The minimum absolute atomic E-state index is 0.0257. The van der Waals surface area contributed by atoms with Crippen molar-refractivity contribution >= 4 is 10.0 Å². The minimum atomic E-state index is -3.63. The van der Waals surface area contributed by atoms with Gasteiger partial charge in [0.2, 0.25) is 15.9 Å². The van der Waals surface area contributed by atoms with Crippen LogP contribution >= 0.6 is 0 Å². The first-order valence-electron chi connectivity index (χ1n) is 6.03. The molecular formula is C12H16N4O3S. The lowest BCUT2D eigenvalue weighted by Crippen LogP contribution is -2.24. The Hall–Kier alpha value is -1.77. The summed E-state index contributed by atoms with van der Waals surface area (Å²) in [5, 5.41) is 3.63. The van der Waals surface area contributed by atoms with Crippen LogP contribution in [-0.4, -0.2) is 18.6 Å². The minimum Gasteiger partial charge on any atom is -0.340 e. The van der Waals surface area contributed by atoms with Gasteiger partial charge in [-0.1, -0.05) is 17.3 Å². The molecule has 2 rings (SSSR count). The molecule has 108 valence electrons. The molecule has 0 spiro atoms. The summed E-state index contributed by atoms with van der Waals surface area (Å²) in [4.78, 5) is 4.09. The fourth-order valence-electron chi connectivity index (χ4n) is 1.62. The van der Waals surface area contributed by atoms with Crippen LogP contribution in [0, 0.1) is 6.92 Å². The molecule has 0 aliphatic carbocycles. The predicted molar refractivity (Wildman–Crippen MR) is 72.1 cm³/mol. The maximum atomic E-state index is 12.1. The number of aryl methyl sites for hydroxylation is 1. The molecule has 3 N–H and O–H groups in total. The normalized spacial score (nSPS) is 13.3. The molecule has 7 nitrogen and oxygen atoms in total. The zero-order chi connectivity index (χ0) is 14.8. The Morgan fingerprint density at radius 2 is 2.20 bits per heavy atom. The molecule has 0 aliphatic heterocycles. The fraction of sp³-hybridized carbons (Fsp3) is 0.333. The zero-order valence-electron chi connectivity index (χ0n) is 11.2. The number of nitrogens with zero attached hydrogens (tertiary/aromatic N) is 2. The number of aromatic nitrogens is 2. The first-order chi connectivity index (χ1) is 9.38. The highest BCUT2D eigenvalue weighted by atomic mass is 32.2. The molecule has 0 bridgehead atoms. The van der Waals surface area contributed by atoms with Gasteiger partial charge in [0, 0.05) is 13.0 Å². The molecule has 0 aliphatic rings. The van der Waals surface area contributed by atoms with E-state index >= 15 is 0 Å². The number of nitrogens with two attached hydrogens (primary N) is 1. The summed E-state index contributed by atoms with van der Waals surface area (Å²) in [6, 6.07) is 6.27.